The van der Waals surface area contributed by atoms with Crippen molar-refractivity contribution in [3.63, 3.8) is 0 Å². The predicted molar refractivity (Wildman–Crippen MR) is 94.0 cm³/mol. The lowest BCUT2D eigenvalue weighted by Gasteiger charge is -2.10. The summed E-state index contributed by atoms with van der Waals surface area (Å²) in [5.74, 6) is 0.505. The average Bonchev–Trinajstić information content (AvgIpc) is 3.04. The minimum absolute atomic E-state index is 0.117. The number of hydrogen-bond donors (Lipinski definition) is 2. The highest BCUT2D eigenvalue weighted by molar-refractivity contribution is 6.34. The molecule has 1 aliphatic heterocycles. The molecule has 0 saturated carbocycles. The van der Waals surface area contributed by atoms with Gasteiger partial charge in [0.05, 0.1) is 17.3 Å². The molecule has 1 aliphatic rings. The Balaban J connectivity index is 1.72. The highest BCUT2D eigenvalue weighted by Gasteiger charge is 2.15. The first kappa shape index (κ1) is 16.3. The van der Waals surface area contributed by atoms with E-state index in [9.17, 15) is 9.59 Å². The monoisotopic (exact) mass is 344 g/mol. The maximum atomic E-state index is 12.4. The van der Waals surface area contributed by atoms with E-state index in [4.69, 9.17) is 16.3 Å². The van der Waals surface area contributed by atoms with Crippen LogP contribution in [0.1, 0.15) is 29.3 Å². The number of fused-ring (bicyclic) bond motifs is 1. The molecule has 0 atom stereocenters. The van der Waals surface area contributed by atoms with Crippen molar-refractivity contribution in [2.45, 2.75) is 19.8 Å². The van der Waals surface area contributed by atoms with Crippen LogP contribution < -0.4 is 15.4 Å². The minimum atomic E-state index is -0.217. The molecular weight excluding hydrogens is 328 g/mol. The second kappa shape index (κ2) is 6.93. The first-order chi connectivity index (χ1) is 11.6. The molecule has 124 valence electrons. The minimum Gasteiger partial charge on any atom is -0.493 e. The molecule has 2 N–H and O–H groups in total. The van der Waals surface area contributed by atoms with Crippen LogP contribution in [0.3, 0.4) is 0 Å². The first-order valence-corrected chi connectivity index (χ1v) is 8.11. The number of carbonyl (C=O) groups is 2. The third-order valence-electron chi connectivity index (χ3n) is 3.77. The van der Waals surface area contributed by atoms with E-state index < -0.39 is 0 Å². The van der Waals surface area contributed by atoms with Gasteiger partial charge in [0.25, 0.3) is 5.91 Å². The molecule has 2 amide bonds. The Kier molecular flexibility index (Phi) is 4.71. The van der Waals surface area contributed by atoms with Gasteiger partial charge in [0.1, 0.15) is 5.75 Å². The Morgan fingerprint density at radius 1 is 1.17 bits per heavy atom. The van der Waals surface area contributed by atoms with Crippen molar-refractivity contribution >= 4 is 34.8 Å². The summed E-state index contributed by atoms with van der Waals surface area (Å²) in [5, 5.41) is 5.88. The number of carbonyl (C=O) groups excluding carboxylic acids is 2. The summed E-state index contributed by atoms with van der Waals surface area (Å²) in [6.45, 7) is 2.42. The van der Waals surface area contributed by atoms with Crippen molar-refractivity contribution in [1.29, 1.82) is 0 Å². The first-order valence-electron chi connectivity index (χ1n) is 7.73. The van der Waals surface area contributed by atoms with Gasteiger partial charge in [-0.1, -0.05) is 18.5 Å². The summed E-state index contributed by atoms with van der Waals surface area (Å²) in [4.78, 5) is 23.8. The van der Waals surface area contributed by atoms with Crippen LogP contribution in [0, 0.1) is 0 Å². The molecule has 0 aliphatic carbocycles. The number of benzene rings is 2. The van der Waals surface area contributed by atoms with E-state index in [0.29, 0.717) is 35.0 Å². The summed E-state index contributed by atoms with van der Waals surface area (Å²) < 4.78 is 5.44. The molecule has 0 bridgehead atoms. The lowest BCUT2D eigenvalue weighted by Crippen LogP contribution is -2.13. The lowest BCUT2D eigenvalue weighted by atomic mass is 10.1. The van der Waals surface area contributed by atoms with Gasteiger partial charge in [0.2, 0.25) is 5.91 Å². The Morgan fingerprint density at radius 3 is 2.75 bits per heavy atom. The molecular formula is C18H17ClN2O3. The SMILES string of the molecule is CCC(=O)Nc1ccc(NC(=O)c2ccc3c(c2)CCO3)cc1Cl. The molecule has 0 spiro atoms. The smallest absolute Gasteiger partial charge is 0.255 e. The Bertz CT molecular complexity index is 805. The third-order valence-corrected chi connectivity index (χ3v) is 4.09. The van der Waals surface area contributed by atoms with E-state index in [1.54, 1.807) is 31.2 Å². The van der Waals surface area contributed by atoms with Crippen molar-refractivity contribution in [2.75, 3.05) is 17.2 Å². The van der Waals surface area contributed by atoms with Crippen LogP contribution in [0.5, 0.6) is 5.75 Å². The number of anilines is 2. The molecule has 0 saturated heterocycles. The van der Waals surface area contributed by atoms with Crippen molar-refractivity contribution in [2.24, 2.45) is 0 Å². The lowest BCUT2D eigenvalue weighted by molar-refractivity contribution is -0.115. The van der Waals surface area contributed by atoms with Crippen molar-refractivity contribution in [1.82, 2.24) is 0 Å². The largest absolute Gasteiger partial charge is 0.493 e. The highest BCUT2D eigenvalue weighted by atomic mass is 35.5. The van der Waals surface area contributed by atoms with E-state index in [0.717, 1.165) is 17.7 Å². The van der Waals surface area contributed by atoms with Crippen LogP contribution in [-0.4, -0.2) is 18.4 Å². The fourth-order valence-corrected chi connectivity index (χ4v) is 2.69. The van der Waals surface area contributed by atoms with Crippen molar-refractivity contribution in [3.05, 3.63) is 52.5 Å². The summed E-state index contributed by atoms with van der Waals surface area (Å²) in [5.41, 5.74) is 2.70. The van der Waals surface area contributed by atoms with Gasteiger partial charge in [0, 0.05) is 24.1 Å². The van der Waals surface area contributed by atoms with Crippen LogP contribution in [0.15, 0.2) is 36.4 Å². The number of nitrogens with one attached hydrogen (secondary N) is 2. The van der Waals surface area contributed by atoms with E-state index in [1.165, 1.54) is 0 Å². The highest BCUT2D eigenvalue weighted by Crippen LogP contribution is 2.28. The second-order valence-corrected chi connectivity index (χ2v) is 5.88. The standard InChI is InChI=1S/C18H17ClN2O3/c1-2-17(22)21-15-5-4-13(10-14(15)19)20-18(23)12-3-6-16-11(9-12)7-8-24-16/h3-6,9-10H,2,7-8H2,1H3,(H,20,23)(H,21,22). The fraction of sp³-hybridized carbons (Fsp3) is 0.222. The van der Waals surface area contributed by atoms with Gasteiger partial charge in [-0.2, -0.15) is 0 Å². The molecule has 24 heavy (non-hydrogen) atoms. The zero-order valence-corrected chi connectivity index (χ0v) is 13.9. The fourth-order valence-electron chi connectivity index (χ4n) is 2.46. The number of rotatable bonds is 4. The van der Waals surface area contributed by atoms with Crippen LogP contribution in [0.4, 0.5) is 11.4 Å². The molecule has 2 aromatic carbocycles. The molecule has 2 aromatic rings. The molecule has 0 unspecified atom stereocenters. The van der Waals surface area contributed by atoms with E-state index >= 15 is 0 Å². The van der Waals surface area contributed by atoms with Crippen LogP contribution in [0.2, 0.25) is 5.02 Å². The maximum Gasteiger partial charge on any atom is 0.255 e. The molecule has 0 fully saturated rings. The van der Waals surface area contributed by atoms with Gasteiger partial charge in [-0.05, 0) is 42.0 Å². The van der Waals surface area contributed by atoms with E-state index in [2.05, 4.69) is 10.6 Å². The van der Waals surface area contributed by atoms with E-state index in [-0.39, 0.29) is 11.8 Å². The average molecular weight is 345 g/mol. The maximum absolute atomic E-state index is 12.4. The molecule has 6 heteroatoms. The molecule has 0 radical (unpaired) electrons. The number of amides is 2. The van der Waals surface area contributed by atoms with Gasteiger partial charge >= 0.3 is 0 Å². The number of ether oxygens (including phenoxy) is 1. The third kappa shape index (κ3) is 3.51. The van der Waals surface area contributed by atoms with Gasteiger partial charge in [-0.25, -0.2) is 0 Å². The molecule has 0 aromatic heterocycles. The second-order valence-electron chi connectivity index (χ2n) is 5.47. The summed E-state index contributed by atoms with van der Waals surface area (Å²) in [6.07, 6.45) is 1.19. The van der Waals surface area contributed by atoms with Gasteiger partial charge < -0.3 is 15.4 Å². The van der Waals surface area contributed by atoms with Crippen molar-refractivity contribution in [3.8, 4) is 5.75 Å². The normalized spacial score (nSPS) is 12.2. The van der Waals surface area contributed by atoms with Gasteiger partial charge in [0.15, 0.2) is 0 Å². The van der Waals surface area contributed by atoms with Gasteiger partial charge in [-0.3, -0.25) is 9.59 Å². The zero-order chi connectivity index (χ0) is 17.1. The predicted octanol–water partition coefficient (Wildman–Crippen LogP) is 3.88. The topological polar surface area (TPSA) is 67.4 Å². The molecule has 3 rings (SSSR count). The van der Waals surface area contributed by atoms with E-state index in [1.807, 2.05) is 12.1 Å². The number of hydrogen-bond acceptors (Lipinski definition) is 3. The summed E-state index contributed by atoms with van der Waals surface area (Å²) in [6, 6.07) is 10.4. The quantitative estimate of drug-likeness (QED) is 0.884. The number of halogens is 1. The Morgan fingerprint density at radius 2 is 2.00 bits per heavy atom. The van der Waals surface area contributed by atoms with Crippen LogP contribution >= 0.6 is 11.6 Å². The zero-order valence-electron chi connectivity index (χ0n) is 13.2. The van der Waals surface area contributed by atoms with Crippen LogP contribution in [-0.2, 0) is 11.2 Å². The Labute approximate surface area is 145 Å². The van der Waals surface area contributed by atoms with Crippen molar-refractivity contribution < 1.29 is 14.3 Å². The van der Waals surface area contributed by atoms with Gasteiger partial charge in [-0.15, -0.1) is 0 Å². The molecule has 5 nitrogen and oxygen atoms in total. The molecule has 1 heterocycles. The summed E-state index contributed by atoms with van der Waals surface area (Å²) in [7, 11) is 0. The van der Waals surface area contributed by atoms with Crippen LogP contribution in [0.25, 0.3) is 0 Å². The Hall–Kier alpha value is -2.53. The summed E-state index contributed by atoms with van der Waals surface area (Å²) >= 11 is 6.15.